The largest absolute Gasteiger partial charge is 0.350 e. The molecule has 0 unspecified atom stereocenters. The Morgan fingerprint density at radius 1 is 1.09 bits per heavy atom. The lowest BCUT2D eigenvalue weighted by molar-refractivity contribution is -0.124. The highest BCUT2D eigenvalue weighted by molar-refractivity contribution is 7.16. The Hall–Kier alpha value is -1.95. The van der Waals surface area contributed by atoms with Crippen molar-refractivity contribution in [2.24, 2.45) is 0 Å². The first-order valence-electron chi connectivity index (χ1n) is 11.8. The van der Waals surface area contributed by atoms with Crippen LogP contribution < -0.4 is 10.6 Å². The molecule has 1 fully saturated rings. The number of fused-ring (bicyclic) bond motifs is 1. The molecule has 2 heterocycles. The van der Waals surface area contributed by atoms with Crippen molar-refractivity contribution < 1.29 is 9.59 Å². The van der Waals surface area contributed by atoms with Crippen LogP contribution in [0, 0.1) is 11.3 Å². The van der Waals surface area contributed by atoms with Gasteiger partial charge in [-0.25, -0.2) is 0 Å². The van der Waals surface area contributed by atoms with E-state index in [1.807, 2.05) is 27.7 Å². The summed E-state index contributed by atoms with van der Waals surface area (Å²) < 4.78 is 0. The molecule has 2 N–H and O–H groups in total. The van der Waals surface area contributed by atoms with Crippen molar-refractivity contribution in [2.75, 3.05) is 38.0 Å². The predicted molar refractivity (Wildman–Crippen MR) is 129 cm³/mol. The molecule has 1 aromatic rings. The van der Waals surface area contributed by atoms with Gasteiger partial charge in [-0.05, 0) is 71.9 Å². The lowest BCUT2D eigenvalue weighted by Gasteiger charge is -2.27. The normalized spacial score (nSPS) is 19.2. The van der Waals surface area contributed by atoms with E-state index in [0.717, 1.165) is 63.8 Å². The van der Waals surface area contributed by atoms with E-state index in [1.54, 1.807) is 11.3 Å². The summed E-state index contributed by atoms with van der Waals surface area (Å²) in [4.78, 5) is 30.9. The summed E-state index contributed by atoms with van der Waals surface area (Å²) in [6.07, 6.45) is 6.32. The zero-order valence-electron chi connectivity index (χ0n) is 19.9. The number of nitrogens with one attached hydrogen (secondary N) is 2. The molecule has 176 valence electrons. The maximum atomic E-state index is 13.1. The zero-order valence-corrected chi connectivity index (χ0v) is 20.7. The summed E-state index contributed by atoms with van der Waals surface area (Å²) in [6, 6.07) is 2.06. The van der Waals surface area contributed by atoms with Crippen LogP contribution in [0.2, 0.25) is 0 Å². The van der Waals surface area contributed by atoms with Gasteiger partial charge >= 0.3 is 0 Å². The molecular formula is C24H37N5O2S. The Morgan fingerprint density at radius 3 is 2.56 bits per heavy atom. The van der Waals surface area contributed by atoms with Gasteiger partial charge in [0.2, 0.25) is 11.8 Å². The SMILES string of the molecule is C[C@H](C(=O)Nc1sc2c(c1C#N)CCCCC2)N1CCCN(CC(=O)NC(C)(C)C)CC1. The van der Waals surface area contributed by atoms with E-state index in [1.165, 1.54) is 11.3 Å². The Balaban J connectivity index is 1.57. The third kappa shape index (κ3) is 6.53. The Labute approximate surface area is 196 Å². The number of nitriles is 1. The van der Waals surface area contributed by atoms with Crippen LogP contribution >= 0.6 is 11.3 Å². The number of amides is 2. The summed E-state index contributed by atoms with van der Waals surface area (Å²) in [5, 5.41) is 16.5. The maximum Gasteiger partial charge on any atom is 0.242 e. The standard InChI is InChI=1S/C24H37N5O2S/c1-17(29-12-8-11-28(13-14-29)16-21(30)27-24(2,3)4)22(31)26-23-19(15-25)18-9-6-5-7-10-20(18)32-23/h17H,5-14,16H2,1-4H3,(H,26,31)(H,27,30)/t17-/m1/s1. The van der Waals surface area contributed by atoms with E-state index in [-0.39, 0.29) is 23.4 Å². The van der Waals surface area contributed by atoms with Crippen molar-refractivity contribution in [3.05, 3.63) is 16.0 Å². The van der Waals surface area contributed by atoms with Crippen LogP contribution in [-0.2, 0) is 22.4 Å². The molecule has 1 aromatic heterocycles. The van der Waals surface area contributed by atoms with Gasteiger partial charge in [0.15, 0.2) is 0 Å². The van der Waals surface area contributed by atoms with Crippen LogP contribution in [0.25, 0.3) is 0 Å². The molecule has 2 aliphatic rings. The van der Waals surface area contributed by atoms with Gasteiger partial charge in [-0.15, -0.1) is 11.3 Å². The molecule has 7 nitrogen and oxygen atoms in total. The van der Waals surface area contributed by atoms with Crippen LogP contribution in [0.4, 0.5) is 5.00 Å². The van der Waals surface area contributed by atoms with Crippen molar-refractivity contribution in [2.45, 2.75) is 77.8 Å². The molecule has 0 spiro atoms. The van der Waals surface area contributed by atoms with E-state index in [0.29, 0.717) is 17.1 Å². The van der Waals surface area contributed by atoms with Gasteiger partial charge in [-0.3, -0.25) is 19.4 Å². The second-order valence-corrected chi connectivity index (χ2v) is 11.1. The molecule has 3 rings (SSSR count). The third-order valence-corrected chi connectivity index (χ3v) is 7.41. The summed E-state index contributed by atoms with van der Waals surface area (Å²) in [7, 11) is 0. The molecule has 1 saturated heterocycles. The molecule has 0 aromatic carbocycles. The number of carbonyl (C=O) groups excluding carboxylic acids is 2. The van der Waals surface area contributed by atoms with Crippen LogP contribution in [0.3, 0.4) is 0 Å². The number of hydrogen-bond acceptors (Lipinski definition) is 6. The highest BCUT2D eigenvalue weighted by Crippen LogP contribution is 2.37. The molecule has 0 saturated carbocycles. The summed E-state index contributed by atoms with van der Waals surface area (Å²) in [6.45, 7) is 11.4. The number of thiophene rings is 1. The number of aryl methyl sites for hydroxylation is 1. The second-order valence-electron chi connectivity index (χ2n) is 10.0. The van der Waals surface area contributed by atoms with Gasteiger partial charge in [0.25, 0.3) is 0 Å². The maximum absolute atomic E-state index is 13.1. The Bertz CT molecular complexity index is 867. The van der Waals surface area contributed by atoms with Crippen LogP contribution in [0.15, 0.2) is 0 Å². The number of anilines is 1. The first-order chi connectivity index (χ1) is 15.2. The smallest absolute Gasteiger partial charge is 0.242 e. The number of carbonyl (C=O) groups is 2. The number of rotatable bonds is 5. The van der Waals surface area contributed by atoms with Crippen molar-refractivity contribution in [3.63, 3.8) is 0 Å². The molecule has 2 amide bonds. The Morgan fingerprint density at radius 2 is 1.84 bits per heavy atom. The minimum atomic E-state index is -0.285. The van der Waals surface area contributed by atoms with Gasteiger partial charge in [-0.2, -0.15) is 5.26 Å². The van der Waals surface area contributed by atoms with E-state index in [9.17, 15) is 14.9 Å². The molecule has 8 heteroatoms. The summed E-state index contributed by atoms with van der Waals surface area (Å²) in [5.74, 6) is -0.0185. The highest BCUT2D eigenvalue weighted by atomic mass is 32.1. The van der Waals surface area contributed by atoms with Gasteiger partial charge in [0.1, 0.15) is 11.1 Å². The van der Waals surface area contributed by atoms with Crippen molar-refractivity contribution in [1.82, 2.24) is 15.1 Å². The second kappa shape index (κ2) is 10.8. The number of nitrogens with zero attached hydrogens (tertiary/aromatic N) is 3. The molecule has 0 radical (unpaired) electrons. The molecule has 1 aliphatic carbocycles. The van der Waals surface area contributed by atoms with Crippen molar-refractivity contribution in [1.29, 1.82) is 5.26 Å². The van der Waals surface area contributed by atoms with Crippen LogP contribution in [0.1, 0.15) is 69.4 Å². The van der Waals surface area contributed by atoms with Crippen molar-refractivity contribution >= 4 is 28.2 Å². The quantitative estimate of drug-likeness (QED) is 0.661. The minimum absolute atomic E-state index is 0.0400. The average molecular weight is 460 g/mol. The van der Waals surface area contributed by atoms with Gasteiger partial charge in [0.05, 0.1) is 18.2 Å². The lowest BCUT2D eigenvalue weighted by atomic mass is 10.1. The fourth-order valence-corrected chi connectivity index (χ4v) is 5.77. The van der Waals surface area contributed by atoms with Gasteiger partial charge < -0.3 is 10.6 Å². The zero-order chi connectivity index (χ0) is 23.3. The predicted octanol–water partition coefficient (Wildman–Crippen LogP) is 3.14. The highest BCUT2D eigenvalue weighted by Gasteiger charge is 2.27. The van der Waals surface area contributed by atoms with E-state index in [2.05, 4.69) is 26.5 Å². The number of hydrogen-bond donors (Lipinski definition) is 2. The monoisotopic (exact) mass is 459 g/mol. The first kappa shape index (κ1) is 24.7. The summed E-state index contributed by atoms with van der Waals surface area (Å²) >= 11 is 1.58. The van der Waals surface area contributed by atoms with E-state index >= 15 is 0 Å². The van der Waals surface area contributed by atoms with Gasteiger partial charge in [0, 0.05) is 30.1 Å². The molecule has 0 bridgehead atoms. The molecule has 32 heavy (non-hydrogen) atoms. The van der Waals surface area contributed by atoms with Gasteiger partial charge in [-0.1, -0.05) is 6.42 Å². The van der Waals surface area contributed by atoms with E-state index < -0.39 is 0 Å². The average Bonchev–Trinajstić information content (AvgIpc) is 2.89. The Kier molecular flexibility index (Phi) is 8.32. The van der Waals surface area contributed by atoms with E-state index in [4.69, 9.17) is 0 Å². The first-order valence-corrected chi connectivity index (χ1v) is 12.6. The fraction of sp³-hybridized carbons (Fsp3) is 0.708. The van der Waals surface area contributed by atoms with Crippen molar-refractivity contribution in [3.8, 4) is 6.07 Å². The lowest BCUT2D eigenvalue weighted by Crippen LogP contribution is -2.47. The molecular weight excluding hydrogens is 422 g/mol. The topological polar surface area (TPSA) is 88.5 Å². The third-order valence-electron chi connectivity index (χ3n) is 6.20. The summed E-state index contributed by atoms with van der Waals surface area (Å²) in [5.41, 5.74) is 1.58. The fourth-order valence-electron chi connectivity index (χ4n) is 4.53. The van der Waals surface area contributed by atoms with Crippen LogP contribution in [-0.4, -0.2) is 65.9 Å². The minimum Gasteiger partial charge on any atom is -0.350 e. The van der Waals surface area contributed by atoms with Crippen LogP contribution in [0.5, 0.6) is 0 Å². The molecule has 1 atom stereocenters. The molecule has 1 aliphatic heterocycles.